The highest BCUT2D eigenvalue weighted by atomic mass is 79.9. The molecule has 1 aromatic carbocycles. The summed E-state index contributed by atoms with van der Waals surface area (Å²) in [6, 6.07) is 4.95. The van der Waals surface area contributed by atoms with Crippen molar-refractivity contribution >= 4 is 26.7 Å². The summed E-state index contributed by atoms with van der Waals surface area (Å²) >= 11 is 3.35. The van der Waals surface area contributed by atoms with Crippen molar-refractivity contribution in [2.24, 2.45) is 0 Å². The van der Waals surface area contributed by atoms with Gasteiger partial charge in [-0.15, -0.1) is 0 Å². The van der Waals surface area contributed by atoms with Crippen LogP contribution in [0.5, 0.6) is 0 Å². The fraction of sp³-hybridized carbons (Fsp3) is 0.100. The Bertz CT molecular complexity index is 442. The summed E-state index contributed by atoms with van der Waals surface area (Å²) in [4.78, 5) is 3.98. The number of benzene rings is 1. The first-order valence-corrected chi connectivity index (χ1v) is 5.02. The fourth-order valence-corrected chi connectivity index (χ4v) is 1.82. The maximum absolute atomic E-state index is 13.3. The number of fused-ring (bicyclic) bond motifs is 1. The van der Waals surface area contributed by atoms with Gasteiger partial charge in [0.1, 0.15) is 5.82 Å². The van der Waals surface area contributed by atoms with Gasteiger partial charge in [-0.25, -0.2) is 4.39 Å². The van der Waals surface area contributed by atoms with Crippen molar-refractivity contribution in [2.75, 3.05) is 0 Å². The topological polar surface area (TPSA) is 12.9 Å². The molecule has 1 aromatic heterocycles. The molecule has 1 heterocycles. The second kappa shape index (κ2) is 3.42. The third kappa shape index (κ3) is 1.44. The molecule has 0 fully saturated rings. The molecule has 0 saturated carbocycles. The lowest BCUT2D eigenvalue weighted by molar-refractivity contribution is 0.639. The molecule has 0 N–H and O–H groups in total. The molecule has 0 aliphatic rings. The van der Waals surface area contributed by atoms with Crippen LogP contribution in [-0.4, -0.2) is 4.98 Å². The molecular weight excluding hydrogens is 233 g/mol. The summed E-state index contributed by atoms with van der Waals surface area (Å²) in [6.45, 7) is 0. The molecule has 0 bridgehead atoms. The van der Waals surface area contributed by atoms with Crippen LogP contribution < -0.4 is 0 Å². The second-order valence-corrected chi connectivity index (χ2v) is 3.32. The summed E-state index contributed by atoms with van der Waals surface area (Å²) in [5.41, 5.74) is 1.06. The van der Waals surface area contributed by atoms with E-state index in [1.807, 2.05) is 0 Å². The SMILES string of the molecule is Fc1ccc(CBr)c2cnccc12. The van der Waals surface area contributed by atoms with Crippen molar-refractivity contribution in [1.82, 2.24) is 4.98 Å². The van der Waals surface area contributed by atoms with Gasteiger partial charge in [-0.05, 0) is 17.7 Å². The highest BCUT2D eigenvalue weighted by Crippen LogP contribution is 2.22. The molecule has 1 nitrogen and oxygen atoms in total. The Kier molecular flexibility index (Phi) is 2.27. The van der Waals surface area contributed by atoms with Gasteiger partial charge in [-0.1, -0.05) is 22.0 Å². The lowest BCUT2D eigenvalue weighted by atomic mass is 10.1. The molecule has 0 atom stereocenters. The zero-order valence-corrected chi connectivity index (χ0v) is 8.38. The van der Waals surface area contributed by atoms with Gasteiger partial charge in [-0.3, -0.25) is 4.98 Å². The molecule has 0 aliphatic heterocycles. The van der Waals surface area contributed by atoms with Gasteiger partial charge in [-0.2, -0.15) is 0 Å². The highest BCUT2D eigenvalue weighted by Gasteiger charge is 2.03. The first-order chi connectivity index (χ1) is 6.33. The summed E-state index contributed by atoms with van der Waals surface area (Å²) in [5.74, 6) is -0.192. The van der Waals surface area contributed by atoms with E-state index >= 15 is 0 Å². The molecule has 3 heteroatoms. The van der Waals surface area contributed by atoms with Gasteiger partial charge >= 0.3 is 0 Å². The van der Waals surface area contributed by atoms with Gasteiger partial charge in [0.25, 0.3) is 0 Å². The molecule has 66 valence electrons. The van der Waals surface area contributed by atoms with Crippen LogP contribution >= 0.6 is 15.9 Å². The van der Waals surface area contributed by atoms with Crippen LogP contribution in [-0.2, 0) is 5.33 Å². The predicted octanol–water partition coefficient (Wildman–Crippen LogP) is 3.27. The van der Waals surface area contributed by atoms with E-state index in [0.717, 1.165) is 16.3 Å². The Morgan fingerprint density at radius 3 is 2.85 bits per heavy atom. The van der Waals surface area contributed by atoms with Crippen molar-refractivity contribution in [3.8, 4) is 0 Å². The minimum atomic E-state index is -0.192. The highest BCUT2D eigenvalue weighted by molar-refractivity contribution is 9.08. The zero-order chi connectivity index (χ0) is 9.26. The van der Waals surface area contributed by atoms with Crippen LogP contribution in [0.3, 0.4) is 0 Å². The van der Waals surface area contributed by atoms with Crippen LogP contribution in [0.1, 0.15) is 5.56 Å². The number of nitrogens with zero attached hydrogens (tertiary/aromatic N) is 1. The van der Waals surface area contributed by atoms with E-state index < -0.39 is 0 Å². The van der Waals surface area contributed by atoms with E-state index in [4.69, 9.17) is 0 Å². The van der Waals surface area contributed by atoms with E-state index in [9.17, 15) is 4.39 Å². The van der Waals surface area contributed by atoms with E-state index in [0.29, 0.717) is 5.39 Å². The molecule has 13 heavy (non-hydrogen) atoms. The van der Waals surface area contributed by atoms with E-state index in [1.165, 1.54) is 6.07 Å². The van der Waals surface area contributed by atoms with Crippen molar-refractivity contribution in [3.63, 3.8) is 0 Å². The predicted molar refractivity (Wildman–Crippen MR) is 54.3 cm³/mol. The van der Waals surface area contributed by atoms with Crippen LogP contribution in [0.2, 0.25) is 0 Å². The molecular formula is C10H7BrFN. The van der Waals surface area contributed by atoms with Crippen molar-refractivity contribution in [3.05, 3.63) is 42.0 Å². The Labute approximate surface area is 83.7 Å². The van der Waals surface area contributed by atoms with Crippen LogP contribution in [0.4, 0.5) is 4.39 Å². The number of hydrogen-bond acceptors (Lipinski definition) is 1. The molecule has 2 aromatic rings. The lowest BCUT2D eigenvalue weighted by Gasteiger charge is -2.02. The maximum Gasteiger partial charge on any atom is 0.131 e. The maximum atomic E-state index is 13.3. The fourth-order valence-electron chi connectivity index (χ4n) is 1.33. The molecule has 0 amide bonds. The minimum Gasteiger partial charge on any atom is -0.264 e. The molecule has 0 radical (unpaired) electrons. The molecule has 0 unspecified atom stereocenters. The quantitative estimate of drug-likeness (QED) is 0.697. The summed E-state index contributed by atoms with van der Waals surface area (Å²) in [7, 11) is 0. The summed E-state index contributed by atoms with van der Waals surface area (Å²) < 4.78 is 13.3. The molecule has 0 spiro atoms. The second-order valence-electron chi connectivity index (χ2n) is 2.76. The third-order valence-electron chi connectivity index (χ3n) is 2.00. The number of hydrogen-bond donors (Lipinski definition) is 0. The van der Waals surface area contributed by atoms with Gasteiger partial charge < -0.3 is 0 Å². The van der Waals surface area contributed by atoms with E-state index in [1.54, 1.807) is 24.5 Å². The first kappa shape index (κ1) is 8.63. The zero-order valence-electron chi connectivity index (χ0n) is 6.80. The van der Waals surface area contributed by atoms with Crippen molar-refractivity contribution < 1.29 is 4.39 Å². The van der Waals surface area contributed by atoms with E-state index in [-0.39, 0.29) is 5.82 Å². The molecule has 0 aliphatic carbocycles. The normalized spacial score (nSPS) is 10.6. The number of alkyl halides is 1. The Hall–Kier alpha value is -0.960. The largest absolute Gasteiger partial charge is 0.264 e. The summed E-state index contributed by atoms with van der Waals surface area (Å²) in [6.07, 6.45) is 3.29. The van der Waals surface area contributed by atoms with Crippen molar-refractivity contribution in [2.45, 2.75) is 5.33 Å². The van der Waals surface area contributed by atoms with Gasteiger partial charge in [0.15, 0.2) is 0 Å². The Balaban J connectivity index is 2.84. The number of aromatic nitrogens is 1. The standard InChI is InChI=1S/C10H7BrFN/c11-5-7-1-2-10(12)8-3-4-13-6-9(7)8/h1-4,6H,5H2. The van der Waals surface area contributed by atoms with Crippen LogP contribution in [0, 0.1) is 5.82 Å². The monoisotopic (exact) mass is 239 g/mol. The Morgan fingerprint density at radius 2 is 2.08 bits per heavy atom. The summed E-state index contributed by atoms with van der Waals surface area (Å²) in [5, 5.41) is 2.22. The van der Waals surface area contributed by atoms with Gasteiger partial charge in [0, 0.05) is 28.5 Å². The lowest BCUT2D eigenvalue weighted by Crippen LogP contribution is -1.86. The average Bonchev–Trinajstić information content (AvgIpc) is 2.19. The van der Waals surface area contributed by atoms with Crippen LogP contribution in [0.25, 0.3) is 10.8 Å². The number of rotatable bonds is 1. The smallest absolute Gasteiger partial charge is 0.131 e. The van der Waals surface area contributed by atoms with Gasteiger partial charge in [0.2, 0.25) is 0 Å². The number of pyridine rings is 1. The minimum absolute atomic E-state index is 0.192. The molecule has 2 rings (SSSR count). The van der Waals surface area contributed by atoms with Crippen LogP contribution in [0.15, 0.2) is 30.6 Å². The van der Waals surface area contributed by atoms with Crippen molar-refractivity contribution in [1.29, 1.82) is 0 Å². The van der Waals surface area contributed by atoms with E-state index in [2.05, 4.69) is 20.9 Å². The molecule has 0 saturated heterocycles. The third-order valence-corrected chi connectivity index (χ3v) is 2.60. The Morgan fingerprint density at radius 1 is 1.23 bits per heavy atom. The number of halogens is 2. The van der Waals surface area contributed by atoms with Gasteiger partial charge in [0.05, 0.1) is 0 Å². The average molecular weight is 240 g/mol. The first-order valence-electron chi connectivity index (χ1n) is 3.90.